The Morgan fingerprint density at radius 2 is 1.22 bits per heavy atom. The molecular weight excluding hydrogens is 216 g/mol. The zero-order valence-electron chi connectivity index (χ0n) is 12.5. The van der Waals surface area contributed by atoms with Crippen LogP contribution in [-0.2, 0) is 0 Å². The molecule has 0 spiro atoms. The summed E-state index contributed by atoms with van der Waals surface area (Å²) in [4.78, 5) is 0. The van der Waals surface area contributed by atoms with Crippen LogP contribution < -0.4 is 0 Å². The molecule has 0 nitrogen and oxygen atoms in total. The summed E-state index contributed by atoms with van der Waals surface area (Å²) < 4.78 is 0. The lowest BCUT2D eigenvalue weighted by Gasteiger charge is -2.01. The Balaban J connectivity index is 3.00. The zero-order chi connectivity index (χ0) is 13.3. The summed E-state index contributed by atoms with van der Waals surface area (Å²) in [7, 11) is 0. The lowest BCUT2D eigenvalue weighted by atomic mass is 10.1. The van der Waals surface area contributed by atoms with Gasteiger partial charge < -0.3 is 0 Å². The van der Waals surface area contributed by atoms with E-state index in [1.165, 1.54) is 64.2 Å². The minimum absolute atomic E-state index is 1.10. The molecule has 0 atom stereocenters. The summed E-state index contributed by atoms with van der Waals surface area (Å²) in [6.45, 7) is 5.95. The normalized spacial score (nSPS) is 11.9. The van der Waals surface area contributed by atoms with Crippen molar-refractivity contribution in [3.05, 3.63) is 31.2 Å². The van der Waals surface area contributed by atoms with Crippen molar-refractivity contribution in [2.75, 3.05) is 0 Å². The predicted molar refractivity (Wildman–Crippen MR) is 84.7 cm³/mol. The molecule has 0 saturated carbocycles. The van der Waals surface area contributed by atoms with Crippen LogP contribution in [0.25, 0.3) is 0 Å². The fourth-order valence-electron chi connectivity index (χ4n) is 2.11. The van der Waals surface area contributed by atoms with E-state index in [0.717, 1.165) is 12.8 Å². The summed E-state index contributed by atoms with van der Waals surface area (Å²) in [5.74, 6) is 0. The highest BCUT2D eigenvalue weighted by molar-refractivity contribution is 4.91. The van der Waals surface area contributed by atoms with Crippen LogP contribution in [0.5, 0.6) is 0 Å². The van der Waals surface area contributed by atoms with E-state index in [4.69, 9.17) is 0 Å². The minimum atomic E-state index is 1.10. The topological polar surface area (TPSA) is 0 Å². The van der Waals surface area contributed by atoms with Crippen molar-refractivity contribution in [1.29, 1.82) is 0 Å². The van der Waals surface area contributed by atoms with E-state index in [2.05, 4.69) is 38.2 Å². The van der Waals surface area contributed by atoms with E-state index < -0.39 is 0 Å². The number of rotatable bonds is 13. The van der Waals surface area contributed by atoms with Gasteiger partial charge in [-0.25, -0.2) is 0 Å². The maximum atomic E-state index is 3.88. The Kier molecular flexibility index (Phi) is 16.0. The van der Waals surface area contributed by atoms with Gasteiger partial charge in [0.25, 0.3) is 0 Å². The summed E-state index contributed by atoms with van der Waals surface area (Å²) in [6.07, 6.45) is 25.0. The van der Waals surface area contributed by atoms with Gasteiger partial charge in [-0.05, 0) is 26.2 Å². The van der Waals surface area contributed by atoms with Crippen molar-refractivity contribution >= 4 is 0 Å². The van der Waals surface area contributed by atoms with Crippen molar-refractivity contribution in [1.82, 2.24) is 0 Å². The van der Waals surface area contributed by atoms with Crippen LogP contribution >= 0.6 is 0 Å². The predicted octanol–water partition coefficient (Wildman–Crippen LogP) is 6.63. The molecule has 0 saturated heterocycles. The van der Waals surface area contributed by atoms with Gasteiger partial charge in [0.2, 0.25) is 0 Å². The third-order valence-electron chi connectivity index (χ3n) is 3.30. The first-order valence-electron chi connectivity index (χ1n) is 7.97. The van der Waals surface area contributed by atoms with Crippen LogP contribution in [-0.4, -0.2) is 0 Å². The van der Waals surface area contributed by atoms with Crippen molar-refractivity contribution in [2.45, 2.75) is 84.0 Å². The maximum Gasteiger partial charge on any atom is -0.0169 e. The lowest BCUT2D eigenvalue weighted by molar-refractivity contribution is 0.561. The largest absolute Gasteiger partial charge is 0.0914 e. The second-order valence-corrected chi connectivity index (χ2v) is 5.10. The molecule has 0 aromatic carbocycles. The second-order valence-electron chi connectivity index (χ2n) is 5.10. The Morgan fingerprint density at radius 3 is 1.78 bits per heavy atom. The van der Waals surface area contributed by atoms with E-state index in [1.807, 2.05) is 0 Å². The van der Waals surface area contributed by atoms with Gasteiger partial charge in [-0.1, -0.05) is 89.0 Å². The van der Waals surface area contributed by atoms with Crippen LogP contribution in [0.1, 0.15) is 84.0 Å². The minimum Gasteiger partial charge on any atom is -0.0914 e. The van der Waals surface area contributed by atoms with Crippen molar-refractivity contribution in [3.63, 3.8) is 0 Å². The third-order valence-corrected chi connectivity index (χ3v) is 3.30. The fraction of sp³-hybridized carbons (Fsp3) is 0.722. The molecule has 0 aromatic rings. The quantitative estimate of drug-likeness (QED) is 0.254. The van der Waals surface area contributed by atoms with E-state index in [1.54, 1.807) is 0 Å². The number of unbranched alkanes of at least 4 members (excludes halogenated alkanes) is 10. The first-order valence-corrected chi connectivity index (χ1v) is 7.97. The van der Waals surface area contributed by atoms with Crippen LogP contribution in [0, 0.1) is 6.92 Å². The van der Waals surface area contributed by atoms with Crippen LogP contribution in [0.15, 0.2) is 24.3 Å². The molecule has 0 fully saturated rings. The first-order chi connectivity index (χ1) is 8.91. The van der Waals surface area contributed by atoms with E-state index >= 15 is 0 Å². The van der Waals surface area contributed by atoms with Crippen molar-refractivity contribution in [2.24, 2.45) is 0 Å². The summed E-state index contributed by atoms with van der Waals surface area (Å²) >= 11 is 0. The monoisotopic (exact) mass is 249 g/mol. The third kappa shape index (κ3) is 15.5. The van der Waals surface area contributed by atoms with Crippen LogP contribution in [0.3, 0.4) is 0 Å². The smallest absolute Gasteiger partial charge is 0.0169 e. The van der Waals surface area contributed by atoms with Gasteiger partial charge in [-0.15, -0.1) is 0 Å². The average Bonchev–Trinajstić information content (AvgIpc) is 2.39. The molecule has 0 heterocycles. The zero-order valence-corrected chi connectivity index (χ0v) is 12.5. The Labute approximate surface area is 116 Å². The lowest BCUT2D eigenvalue weighted by Crippen LogP contribution is -1.81. The molecule has 1 radical (unpaired) electrons. The Hall–Kier alpha value is -0.520. The molecular formula is C18H33. The number of hydrogen-bond donors (Lipinski definition) is 0. The molecule has 0 N–H and O–H groups in total. The number of allylic oxidation sites excluding steroid dienone is 4. The van der Waals surface area contributed by atoms with Crippen LogP contribution in [0.4, 0.5) is 0 Å². The standard InChI is InChI=1S/C18H33/c1-3-5-7-9-11-13-15-17-18-16-14-12-10-8-6-4-2/h4,6,10,12H,1,3,5,7-9,11,13-18H2,2H3. The fourth-order valence-corrected chi connectivity index (χ4v) is 2.11. The highest BCUT2D eigenvalue weighted by Gasteiger charge is 1.91. The Morgan fingerprint density at radius 1 is 0.667 bits per heavy atom. The molecule has 0 rings (SSSR count). The van der Waals surface area contributed by atoms with Crippen molar-refractivity contribution < 1.29 is 0 Å². The van der Waals surface area contributed by atoms with Gasteiger partial charge in [0.1, 0.15) is 0 Å². The van der Waals surface area contributed by atoms with Gasteiger partial charge in [0.05, 0.1) is 0 Å². The second kappa shape index (κ2) is 16.5. The van der Waals surface area contributed by atoms with E-state index in [0.29, 0.717) is 0 Å². The first kappa shape index (κ1) is 17.5. The van der Waals surface area contributed by atoms with Gasteiger partial charge in [0.15, 0.2) is 0 Å². The molecule has 0 aliphatic carbocycles. The van der Waals surface area contributed by atoms with Crippen molar-refractivity contribution in [3.8, 4) is 0 Å². The SMILES string of the molecule is [CH2]CCCCCCCCCCCC=CCC=CC. The molecule has 0 amide bonds. The summed E-state index contributed by atoms with van der Waals surface area (Å²) in [6, 6.07) is 0. The van der Waals surface area contributed by atoms with Crippen LogP contribution in [0.2, 0.25) is 0 Å². The molecule has 0 unspecified atom stereocenters. The average molecular weight is 249 g/mol. The van der Waals surface area contributed by atoms with Gasteiger partial charge in [-0.2, -0.15) is 0 Å². The summed E-state index contributed by atoms with van der Waals surface area (Å²) in [5, 5.41) is 0. The molecule has 105 valence electrons. The van der Waals surface area contributed by atoms with Gasteiger partial charge >= 0.3 is 0 Å². The number of hydrogen-bond acceptors (Lipinski definition) is 0. The molecule has 18 heavy (non-hydrogen) atoms. The van der Waals surface area contributed by atoms with Gasteiger partial charge in [0, 0.05) is 0 Å². The summed E-state index contributed by atoms with van der Waals surface area (Å²) in [5.41, 5.74) is 0. The maximum absolute atomic E-state index is 3.88. The van der Waals surface area contributed by atoms with Gasteiger partial charge in [-0.3, -0.25) is 0 Å². The van der Waals surface area contributed by atoms with E-state index in [-0.39, 0.29) is 0 Å². The molecule has 0 aliphatic rings. The molecule has 0 heteroatoms. The highest BCUT2D eigenvalue weighted by atomic mass is 14.0. The Bertz CT molecular complexity index is 188. The highest BCUT2D eigenvalue weighted by Crippen LogP contribution is 2.11. The molecule has 0 aliphatic heterocycles. The van der Waals surface area contributed by atoms with E-state index in [9.17, 15) is 0 Å². The molecule has 0 bridgehead atoms. The molecule has 0 aromatic heterocycles.